The Labute approximate surface area is 200 Å². The van der Waals surface area contributed by atoms with E-state index in [-0.39, 0.29) is 24.9 Å². The van der Waals surface area contributed by atoms with Gasteiger partial charge in [0.25, 0.3) is 0 Å². The van der Waals surface area contributed by atoms with E-state index in [1.807, 2.05) is 48.9 Å². The zero-order chi connectivity index (χ0) is 24.2. The van der Waals surface area contributed by atoms with E-state index in [4.69, 9.17) is 26.4 Å². The lowest BCUT2D eigenvalue weighted by Gasteiger charge is -2.07. The van der Waals surface area contributed by atoms with Crippen LogP contribution < -0.4 is 5.32 Å². The highest BCUT2D eigenvalue weighted by Gasteiger charge is 2.17. The lowest BCUT2D eigenvalue weighted by molar-refractivity contribution is 0.0910. The Morgan fingerprint density at radius 2 is 1.97 bits per heavy atom. The van der Waals surface area contributed by atoms with Crippen molar-refractivity contribution in [1.82, 2.24) is 25.3 Å². The molecular weight excluding hydrogens is 456 g/mol. The maximum atomic E-state index is 11.9. The number of nitriles is 1. The molecule has 0 unspecified atom stereocenters. The molecule has 4 rings (SSSR count). The number of aliphatic hydroxyl groups is 1. The fourth-order valence-corrected chi connectivity index (χ4v) is 3.77. The van der Waals surface area contributed by atoms with Crippen LogP contribution in [0.1, 0.15) is 38.8 Å². The zero-order valence-corrected chi connectivity index (χ0v) is 19.3. The van der Waals surface area contributed by atoms with Crippen LogP contribution in [0.25, 0.3) is 17.1 Å². The summed E-state index contributed by atoms with van der Waals surface area (Å²) in [5.41, 5.74) is 5.94. The van der Waals surface area contributed by atoms with Gasteiger partial charge in [-0.15, -0.1) is 10.2 Å². The summed E-state index contributed by atoms with van der Waals surface area (Å²) >= 11 is 6.20. The van der Waals surface area contributed by atoms with Gasteiger partial charge >= 0.3 is 11.8 Å². The largest absolute Gasteiger partial charge is 0.412 e. The first kappa shape index (κ1) is 23.2. The number of hydrogen-bond acceptors (Lipinski definition) is 7. The van der Waals surface area contributed by atoms with Crippen LogP contribution >= 0.6 is 11.6 Å². The first-order valence-corrected chi connectivity index (χ1v) is 10.9. The van der Waals surface area contributed by atoms with E-state index in [0.29, 0.717) is 22.6 Å². The Morgan fingerprint density at radius 1 is 1.21 bits per heavy atom. The molecule has 0 saturated carbocycles. The second-order valence-electron chi connectivity index (χ2n) is 7.60. The molecule has 9 nitrogen and oxygen atoms in total. The van der Waals surface area contributed by atoms with E-state index in [1.54, 1.807) is 12.1 Å². The Hall–Kier alpha value is -4.00. The third-order valence-electron chi connectivity index (χ3n) is 5.36. The summed E-state index contributed by atoms with van der Waals surface area (Å²) in [4.78, 5) is 11.9. The highest BCUT2D eigenvalue weighted by atomic mass is 35.5. The number of hydrogen-bond donors (Lipinski definition) is 2. The van der Waals surface area contributed by atoms with E-state index < -0.39 is 5.91 Å². The minimum absolute atomic E-state index is 0.110. The average Bonchev–Trinajstić information content (AvgIpc) is 3.44. The quantitative estimate of drug-likeness (QED) is 0.418. The molecule has 172 valence electrons. The molecule has 0 saturated heterocycles. The van der Waals surface area contributed by atoms with E-state index >= 15 is 0 Å². The first-order chi connectivity index (χ1) is 16.4. The van der Waals surface area contributed by atoms with Crippen molar-refractivity contribution in [3.05, 3.63) is 81.5 Å². The molecule has 0 radical (unpaired) electrons. The van der Waals surface area contributed by atoms with Crippen molar-refractivity contribution in [2.24, 2.45) is 0 Å². The minimum atomic E-state index is -0.532. The van der Waals surface area contributed by atoms with Gasteiger partial charge in [0.15, 0.2) is 0 Å². The maximum absolute atomic E-state index is 11.9. The van der Waals surface area contributed by atoms with Gasteiger partial charge in [-0.25, -0.2) is 4.68 Å². The number of aryl methyl sites for hydroxylation is 1. The van der Waals surface area contributed by atoms with E-state index in [0.717, 1.165) is 28.2 Å². The van der Waals surface area contributed by atoms with Gasteiger partial charge in [0.2, 0.25) is 5.89 Å². The normalized spacial score (nSPS) is 10.8. The van der Waals surface area contributed by atoms with Crippen LogP contribution in [0.5, 0.6) is 0 Å². The lowest BCUT2D eigenvalue weighted by Crippen LogP contribution is -2.26. The third-order valence-corrected chi connectivity index (χ3v) is 5.67. The van der Waals surface area contributed by atoms with Crippen LogP contribution in [-0.4, -0.2) is 44.1 Å². The van der Waals surface area contributed by atoms with Gasteiger partial charge in [0, 0.05) is 29.8 Å². The number of nitrogens with one attached hydrogen (secondary N) is 1. The second kappa shape index (κ2) is 9.87. The summed E-state index contributed by atoms with van der Waals surface area (Å²) in [7, 11) is 0. The number of benzene rings is 2. The molecule has 2 heterocycles. The van der Waals surface area contributed by atoms with Gasteiger partial charge in [0.05, 0.1) is 28.6 Å². The van der Waals surface area contributed by atoms with Crippen molar-refractivity contribution < 1.29 is 14.3 Å². The van der Waals surface area contributed by atoms with Crippen LogP contribution in [0, 0.1) is 25.2 Å². The third kappa shape index (κ3) is 4.69. The maximum Gasteiger partial charge on any atom is 0.308 e. The SMILES string of the molecule is Cc1nn(-c2ccc(C#N)c(Cl)c2)c(C)c1Cc1ccc(-c2nnc(C(=O)NCCO)o2)cc1. The van der Waals surface area contributed by atoms with Crippen molar-refractivity contribution in [2.45, 2.75) is 20.3 Å². The molecule has 0 fully saturated rings. The number of aliphatic hydroxyl groups excluding tert-OH is 1. The Balaban J connectivity index is 1.52. The summed E-state index contributed by atoms with van der Waals surface area (Å²) in [5, 5.41) is 33.1. The van der Waals surface area contributed by atoms with Crippen LogP contribution in [-0.2, 0) is 6.42 Å². The van der Waals surface area contributed by atoms with Gasteiger partial charge < -0.3 is 14.8 Å². The van der Waals surface area contributed by atoms with E-state index in [2.05, 4.69) is 26.7 Å². The summed E-state index contributed by atoms with van der Waals surface area (Å²) in [6.07, 6.45) is 0.667. The molecular formula is C24H21ClN6O3. The van der Waals surface area contributed by atoms with Gasteiger partial charge in [-0.05, 0) is 49.7 Å². The van der Waals surface area contributed by atoms with Crippen molar-refractivity contribution in [1.29, 1.82) is 5.26 Å². The number of rotatable bonds is 7. The molecule has 0 spiro atoms. The summed E-state index contributed by atoms with van der Waals surface area (Å²) in [5.74, 6) is -0.455. The number of amides is 1. The van der Waals surface area contributed by atoms with Crippen molar-refractivity contribution in [3.63, 3.8) is 0 Å². The Kier molecular flexibility index (Phi) is 6.72. The zero-order valence-electron chi connectivity index (χ0n) is 18.5. The van der Waals surface area contributed by atoms with Gasteiger partial charge in [-0.1, -0.05) is 23.7 Å². The highest BCUT2D eigenvalue weighted by molar-refractivity contribution is 6.31. The average molecular weight is 477 g/mol. The van der Waals surface area contributed by atoms with E-state index in [9.17, 15) is 4.79 Å². The van der Waals surface area contributed by atoms with E-state index in [1.165, 1.54) is 0 Å². The van der Waals surface area contributed by atoms with Crippen LogP contribution in [0.15, 0.2) is 46.9 Å². The molecule has 0 atom stereocenters. The molecule has 2 aromatic heterocycles. The standard InChI is InChI=1S/C24H21ClN6O3/c1-14-20(15(2)31(30-14)19-8-7-18(13-26)21(25)12-19)11-16-3-5-17(6-4-16)23-28-29-24(34-23)22(33)27-9-10-32/h3-8,12,32H,9-11H2,1-2H3,(H,27,33). The predicted molar refractivity (Wildman–Crippen MR) is 125 cm³/mol. The second-order valence-corrected chi connectivity index (χ2v) is 8.01. The van der Waals surface area contributed by atoms with Gasteiger partial charge in [-0.2, -0.15) is 10.4 Å². The molecule has 2 aromatic carbocycles. The summed E-state index contributed by atoms with van der Waals surface area (Å²) < 4.78 is 7.27. The first-order valence-electron chi connectivity index (χ1n) is 10.5. The highest BCUT2D eigenvalue weighted by Crippen LogP contribution is 2.25. The minimum Gasteiger partial charge on any atom is -0.412 e. The van der Waals surface area contributed by atoms with Crippen molar-refractivity contribution >= 4 is 17.5 Å². The molecule has 0 aliphatic heterocycles. The molecule has 2 N–H and O–H groups in total. The smallest absolute Gasteiger partial charge is 0.308 e. The van der Waals surface area contributed by atoms with Crippen LogP contribution in [0.2, 0.25) is 5.02 Å². The molecule has 0 bridgehead atoms. The molecule has 0 aliphatic rings. The molecule has 4 aromatic rings. The van der Waals surface area contributed by atoms with Gasteiger partial charge in [-0.3, -0.25) is 4.79 Å². The molecule has 0 aliphatic carbocycles. The number of carbonyl (C=O) groups excluding carboxylic acids is 1. The number of nitrogens with zero attached hydrogens (tertiary/aromatic N) is 5. The fourth-order valence-electron chi connectivity index (χ4n) is 3.55. The van der Waals surface area contributed by atoms with Crippen LogP contribution in [0.3, 0.4) is 0 Å². The van der Waals surface area contributed by atoms with Crippen molar-refractivity contribution in [2.75, 3.05) is 13.2 Å². The fraction of sp³-hybridized carbons (Fsp3) is 0.208. The number of halogens is 1. The van der Waals surface area contributed by atoms with Gasteiger partial charge in [0.1, 0.15) is 6.07 Å². The monoisotopic (exact) mass is 476 g/mol. The Morgan fingerprint density at radius 3 is 2.65 bits per heavy atom. The number of aromatic nitrogens is 4. The molecule has 10 heteroatoms. The Bertz CT molecular complexity index is 1380. The lowest BCUT2D eigenvalue weighted by atomic mass is 10.0. The summed E-state index contributed by atoms with van der Waals surface area (Å²) in [6, 6.07) is 14.9. The molecule has 1 amide bonds. The molecule has 34 heavy (non-hydrogen) atoms. The topological polar surface area (TPSA) is 130 Å². The summed E-state index contributed by atoms with van der Waals surface area (Å²) in [6.45, 7) is 3.89. The van der Waals surface area contributed by atoms with Crippen molar-refractivity contribution in [3.8, 4) is 23.2 Å². The number of carbonyl (C=O) groups is 1. The van der Waals surface area contributed by atoms with Crippen LogP contribution in [0.4, 0.5) is 0 Å². The predicted octanol–water partition coefficient (Wildman–Crippen LogP) is 3.38.